The number of fused-ring (bicyclic) bond motifs is 1. The van der Waals surface area contributed by atoms with Crippen molar-refractivity contribution in [3.63, 3.8) is 0 Å². The minimum atomic E-state index is -4.25. The number of rotatable bonds is 4. The van der Waals surface area contributed by atoms with Gasteiger partial charge in [-0.1, -0.05) is 6.07 Å². The molecule has 0 bridgehead atoms. The van der Waals surface area contributed by atoms with Crippen LogP contribution in [0.1, 0.15) is 18.1 Å². The molecule has 0 unspecified atom stereocenters. The monoisotopic (exact) mass is 376 g/mol. The number of nitrogens with zero attached hydrogens (tertiary/aromatic N) is 2. The molecule has 0 saturated heterocycles. The van der Waals surface area contributed by atoms with Crippen molar-refractivity contribution < 1.29 is 22.3 Å². The molecule has 3 rings (SSSR count). The van der Waals surface area contributed by atoms with Crippen molar-refractivity contribution in [1.82, 2.24) is 0 Å². The van der Waals surface area contributed by atoms with E-state index in [9.17, 15) is 23.3 Å². The molecule has 2 aromatic rings. The van der Waals surface area contributed by atoms with E-state index in [1.165, 1.54) is 37.3 Å². The minimum Gasteiger partial charge on any atom is -0.372 e. The number of nitro benzene ring substituents is 1. The largest absolute Gasteiger partial charge is 0.372 e. The van der Waals surface area contributed by atoms with E-state index in [0.29, 0.717) is 29.8 Å². The molecule has 136 valence electrons. The third kappa shape index (κ3) is 3.25. The molecule has 1 amide bonds. The Bertz CT molecular complexity index is 1020. The maximum atomic E-state index is 12.6. The third-order valence-corrected chi connectivity index (χ3v) is 5.36. The average Bonchev–Trinajstić information content (AvgIpc) is 2.99. The van der Waals surface area contributed by atoms with Crippen LogP contribution in [0.15, 0.2) is 41.3 Å². The molecule has 0 fully saturated rings. The summed E-state index contributed by atoms with van der Waals surface area (Å²) >= 11 is 0. The molecular formula is C17H16N2O6S. The fourth-order valence-corrected chi connectivity index (χ4v) is 3.86. The van der Waals surface area contributed by atoms with Gasteiger partial charge in [0.1, 0.15) is 4.90 Å². The van der Waals surface area contributed by atoms with E-state index in [0.717, 1.165) is 0 Å². The molecule has 1 heterocycles. The Hall–Kier alpha value is -2.94. The molecule has 2 aromatic carbocycles. The number of hydrogen-bond acceptors (Lipinski definition) is 6. The Morgan fingerprint density at radius 3 is 2.62 bits per heavy atom. The highest BCUT2D eigenvalue weighted by molar-refractivity contribution is 7.87. The van der Waals surface area contributed by atoms with Crippen LogP contribution in [-0.2, 0) is 21.3 Å². The number of hydrogen-bond donors (Lipinski definition) is 0. The Kier molecular flexibility index (Phi) is 4.41. The Morgan fingerprint density at radius 1 is 1.23 bits per heavy atom. The van der Waals surface area contributed by atoms with Gasteiger partial charge in [-0.25, -0.2) is 0 Å². The van der Waals surface area contributed by atoms with Gasteiger partial charge in [0.05, 0.1) is 4.92 Å². The molecule has 1 aliphatic rings. The van der Waals surface area contributed by atoms with Crippen molar-refractivity contribution in [2.24, 2.45) is 0 Å². The second kappa shape index (κ2) is 6.41. The van der Waals surface area contributed by atoms with Gasteiger partial charge < -0.3 is 9.08 Å². The Balaban J connectivity index is 1.96. The number of aryl methyl sites for hydroxylation is 1. The lowest BCUT2D eigenvalue weighted by Gasteiger charge is -2.15. The zero-order valence-electron chi connectivity index (χ0n) is 14.1. The number of amides is 1. The molecule has 0 radical (unpaired) electrons. The summed E-state index contributed by atoms with van der Waals surface area (Å²) in [7, 11) is -4.25. The van der Waals surface area contributed by atoms with Crippen LogP contribution in [0, 0.1) is 17.0 Å². The van der Waals surface area contributed by atoms with Gasteiger partial charge in [0.25, 0.3) is 0 Å². The average molecular weight is 376 g/mol. The summed E-state index contributed by atoms with van der Waals surface area (Å²) < 4.78 is 30.1. The highest BCUT2D eigenvalue weighted by atomic mass is 32.2. The van der Waals surface area contributed by atoms with E-state index < -0.39 is 20.7 Å². The second-order valence-corrected chi connectivity index (χ2v) is 7.52. The van der Waals surface area contributed by atoms with Gasteiger partial charge >= 0.3 is 15.8 Å². The molecule has 8 nitrogen and oxygen atoms in total. The molecule has 0 N–H and O–H groups in total. The lowest BCUT2D eigenvalue weighted by molar-refractivity contribution is -0.385. The summed E-state index contributed by atoms with van der Waals surface area (Å²) in [6, 6.07) is 8.35. The number of carbonyl (C=O) groups is 1. The van der Waals surface area contributed by atoms with Crippen LogP contribution in [0.4, 0.5) is 11.4 Å². The van der Waals surface area contributed by atoms with Crippen molar-refractivity contribution >= 4 is 27.4 Å². The smallest absolute Gasteiger partial charge is 0.339 e. The van der Waals surface area contributed by atoms with Crippen LogP contribution >= 0.6 is 0 Å². The molecule has 9 heteroatoms. The number of anilines is 1. The summed E-state index contributed by atoms with van der Waals surface area (Å²) in [6.07, 6.45) is 0.531. The highest BCUT2D eigenvalue weighted by Crippen LogP contribution is 2.33. The third-order valence-electron chi connectivity index (χ3n) is 4.13. The van der Waals surface area contributed by atoms with E-state index in [-0.39, 0.29) is 16.6 Å². The summed E-state index contributed by atoms with van der Waals surface area (Å²) in [4.78, 5) is 23.5. The van der Waals surface area contributed by atoms with Gasteiger partial charge in [-0.3, -0.25) is 14.9 Å². The molecule has 0 saturated carbocycles. The maximum Gasteiger partial charge on any atom is 0.339 e. The zero-order valence-corrected chi connectivity index (χ0v) is 14.9. The SMILES string of the molecule is CC(=O)N1CCc2cc(S(=O)(=O)Oc3ccc(C)cc3[N+](=O)[O-])ccc21. The molecule has 0 aliphatic carbocycles. The van der Waals surface area contributed by atoms with E-state index >= 15 is 0 Å². The minimum absolute atomic E-state index is 0.114. The standard InChI is InChI=1S/C17H16N2O6S/c1-11-3-6-17(16(9-11)19(21)22)25-26(23,24)14-4-5-15-13(10-14)7-8-18(15)12(2)20/h3-6,9-10H,7-8H2,1-2H3. The van der Waals surface area contributed by atoms with Crippen molar-refractivity contribution in [2.45, 2.75) is 25.2 Å². The first-order chi connectivity index (χ1) is 12.2. The van der Waals surface area contributed by atoms with Gasteiger partial charge in [-0.2, -0.15) is 8.42 Å². The first-order valence-electron chi connectivity index (χ1n) is 7.79. The van der Waals surface area contributed by atoms with Gasteiger partial charge in [0.15, 0.2) is 0 Å². The number of carbonyl (C=O) groups excluding carboxylic acids is 1. The lowest BCUT2D eigenvalue weighted by atomic mass is 10.2. The predicted molar refractivity (Wildman–Crippen MR) is 93.8 cm³/mol. The van der Waals surface area contributed by atoms with Gasteiger partial charge in [0.2, 0.25) is 11.7 Å². The van der Waals surface area contributed by atoms with Crippen molar-refractivity contribution in [3.8, 4) is 5.75 Å². The predicted octanol–water partition coefficient (Wildman–Crippen LogP) is 2.58. The molecule has 0 aromatic heterocycles. The fraction of sp³-hybridized carbons (Fsp3) is 0.235. The van der Waals surface area contributed by atoms with Gasteiger partial charge in [0, 0.05) is 25.2 Å². The molecule has 1 aliphatic heterocycles. The second-order valence-electron chi connectivity index (χ2n) is 5.98. The van der Waals surface area contributed by atoms with E-state index in [4.69, 9.17) is 4.18 Å². The maximum absolute atomic E-state index is 12.6. The molecule has 0 atom stereocenters. The molecular weight excluding hydrogens is 360 g/mol. The zero-order chi connectivity index (χ0) is 19.1. The van der Waals surface area contributed by atoms with Crippen LogP contribution in [0.5, 0.6) is 5.75 Å². The first kappa shape index (κ1) is 17.9. The van der Waals surface area contributed by atoms with E-state index in [2.05, 4.69) is 0 Å². The topological polar surface area (TPSA) is 107 Å². The van der Waals surface area contributed by atoms with Crippen molar-refractivity contribution in [3.05, 3.63) is 57.6 Å². The van der Waals surface area contributed by atoms with E-state index in [1.54, 1.807) is 17.9 Å². The Morgan fingerprint density at radius 2 is 1.96 bits per heavy atom. The van der Waals surface area contributed by atoms with Crippen molar-refractivity contribution in [2.75, 3.05) is 11.4 Å². The number of benzene rings is 2. The van der Waals surface area contributed by atoms with Crippen LogP contribution in [0.3, 0.4) is 0 Å². The highest BCUT2D eigenvalue weighted by Gasteiger charge is 2.27. The fourth-order valence-electron chi connectivity index (χ4n) is 2.87. The summed E-state index contributed by atoms with van der Waals surface area (Å²) in [5, 5.41) is 11.1. The summed E-state index contributed by atoms with van der Waals surface area (Å²) in [5.41, 5.74) is 1.57. The lowest BCUT2D eigenvalue weighted by Crippen LogP contribution is -2.25. The first-order valence-corrected chi connectivity index (χ1v) is 9.20. The molecule has 0 spiro atoms. The summed E-state index contributed by atoms with van der Waals surface area (Å²) in [6.45, 7) is 3.59. The molecule has 26 heavy (non-hydrogen) atoms. The van der Waals surface area contributed by atoms with Crippen LogP contribution in [-0.4, -0.2) is 25.8 Å². The quantitative estimate of drug-likeness (QED) is 0.461. The summed E-state index contributed by atoms with van der Waals surface area (Å²) in [5.74, 6) is -0.461. The van der Waals surface area contributed by atoms with Crippen molar-refractivity contribution in [1.29, 1.82) is 0 Å². The van der Waals surface area contributed by atoms with Crippen LogP contribution < -0.4 is 9.08 Å². The number of nitro groups is 1. The Labute approximate surface area is 150 Å². The van der Waals surface area contributed by atoms with Gasteiger partial charge in [-0.05, 0) is 48.7 Å². The van der Waals surface area contributed by atoms with Crippen LogP contribution in [0.2, 0.25) is 0 Å². The van der Waals surface area contributed by atoms with E-state index in [1.807, 2.05) is 0 Å². The van der Waals surface area contributed by atoms with Gasteiger partial charge in [-0.15, -0.1) is 0 Å². The van der Waals surface area contributed by atoms with Crippen LogP contribution in [0.25, 0.3) is 0 Å². The normalized spacial score (nSPS) is 13.4.